The van der Waals surface area contributed by atoms with Crippen molar-refractivity contribution in [3.63, 3.8) is 0 Å². The molecule has 0 unspecified atom stereocenters. The van der Waals surface area contributed by atoms with E-state index < -0.39 is 0 Å². The van der Waals surface area contributed by atoms with E-state index in [-0.39, 0.29) is 0 Å². The Morgan fingerprint density at radius 1 is 0.404 bits per heavy atom. The van der Waals surface area contributed by atoms with Crippen molar-refractivity contribution >= 4 is 75.3 Å². The smallest absolute Gasteiger partial charge is 0.164 e. The third-order valence-electron chi connectivity index (χ3n) is 11.1. The molecule has 0 fully saturated rings. The SMILES string of the molecule is c1ccc(-c2nc(-c3ccccc3)nc(-c3cccc4oc5cc(-c6cccc7c6sc6cc(-n8c9ccccc9c9ccccc98)ccc67)ccc5c34)n2)cc1. The summed E-state index contributed by atoms with van der Waals surface area (Å²) in [6, 6.07) is 63.7. The molecular weight excluding hydrogens is 717 g/mol. The first kappa shape index (κ1) is 31.9. The number of hydrogen-bond acceptors (Lipinski definition) is 5. The van der Waals surface area contributed by atoms with Gasteiger partial charge in [-0.15, -0.1) is 11.3 Å². The maximum Gasteiger partial charge on any atom is 0.164 e. The molecule has 5 nitrogen and oxygen atoms in total. The van der Waals surface area contributed by atoms with Crippen LogP contribution in [0.2, 0.25) is 0 Å². The number of rotatable bonds is 5. The van der Waals surface area contributed by atoms with Crippen molar-refractivity contribution in [1.82, 2.24) is 19.5 Å². The molecule has 12 aromatic rings. The van der Waals surface area contributed by atoms with Crippen LogP contribution in [0.4, 0.5) is 0 Å². The first-order valence-electron chi connectivity index (χ1n) is 19.0. The van der Waals surface area contributed by atoms with Gasteiger partial charge in [0.25, 0.3) is 0 Å². The van der Waals surface area contributed by atoms with Gasteiger partial charge in [0.15, 0.2) is 17.5 Å². The highest BCUT2D eigenvalue weighted by atomic mass is 32.1. The van der Waals surface area contributed by atoms with E-state index in [0.717, 1.165) is 49.9 Å². The lowest BCUT2D eigenvalue weighted by Crippen LogP contribution is -2.00. The molecule has 0 bridgehead atoms. The number of aromatic nitrogens is 4. The van der Waals surface area contributed by atoms with Crippen molar-refractivity contribution in [3.8, 4) is 51.0 Å². The average molecular weight is 747 g/mol. The number of nitrogens with zero attached hydrogens (tertiary/aromatic N) is 4. The van der Waals surface area contributed by atoms with E-state index in [1.807, 2.05) is 84.1 Å². The molecule has 0 radical (unpaired) electrons. The molecule has 0 atom stereocenters. The average Bonchev–Trinajstić information content (AvgIpc) is 3.96. The quantitative estimate of drug-likeness (QED) is 0.176. The van der Waals surface area contributed by atoms with Gasteiger partial charge in [-0.1, -0.05) is 140 Å². The van der Waals surface area contributed by atoms with Crippen molar-refractivity contribution in [1.29, 1.82) is 0 Å². The highest BCUT2D eigenvalue weighted by Gasteiger charge is 2.20. The molecule has 8 aromatic carbocycles. The minimum Gasteiger partial charge on any atom is -0.456 e. The summed E-state index contributed by atoms with van der Waals surface area (Å²) >= 11 is 1.85. The number of para-hydroxylation sites is 2. The lowest BCUT2D eigenvalue weighted by atomic mass is 10.00. The van der Waals surface area contributed by atoms with Gasteiger partial charge in [0.2, 0.25) is 0 Å². The van der Waals surface area contributed by atoms with Crippen LogP contribution in [0.15, 0.2) is 186 Å². The van der Waals surface area contributed by atoms with Gasteiger partial charge in [-0.2, -0.15) is 0 Å². The number of furan rings is 1. The second-order valence-corrected chi connectivity index (χ2v) is 15.4. The molecule has 0 saturated heterocycles. The van der Waals surface area contributed by atoms with Crippen LogP contribution in [0.3, 0.4) is 0 Å². The van der Waals surface area contributed by atoms with E-state index in [9.17, 15) is 0 Å². The molecule has 0 spiro atoms. The molecule has 4 aromatic heterocycles. The Balaban J connectivity index is 0.992. The molecular formula is C51H30N4OS. The molecule has 0 aliphatic carbocycles. The molecule has 6 heteroatoms. The van der Waals surface area contributed by atoms with Crippen LogP contribution in [0.25, 0.3) is 115 Å². The van der Waals surface area contributed by atoms with E-state index in [1.54, 1.807) is 0 Å². The third kappa shape index (κ3) is 5.04. The van der Waals surface area contributed by atoms with E-state index >= 15 is 0 Å². The summed E-state index contributed by atoms with van der Waals surface area (Å²) < 4.78 is 11.5. The van der Waals surface area contributed by atoms with Crippen LogP contribution in [-0.4, -0.2) is 19.5 Å². The molecule has 0 saturated carbocycles. The minimum absolute atomic E-state index is 0.607. The van der Waals surface area contributed by atoms with Gasteiger partial charge in [0.1, 0.15) is 11.2 Å². The van der Waals surface area contributed by atoms with Crippen LogP contribution in [0, 0.1) is 0 Å². The minimum atomic E-state index is 0.607. The van der Waals surface area contributed by atoms with Gasteiger partial charge in [0.05, 0.1) is 11.0 Å². The lowest BCUT2D eigenvalue weighted by Gasteiger charge is -2.09. The van der Waals surface area contributed by atoms with Crippen LogP contribution < -0.4 is 0 Å². The zero-order valence-electron chi connectivity index (χ0n) is 30.4. The zero-order valence-corrected chi connectivity index (χ0v) is 31.2. The predicted octanol–water partition coefficient (Wildman–Crippen LogP) is 13.9. The van der Waals surface area contributed by atoms with Crippen molar-refractivity contribution in [2.45, 2.75) is 0 Å². The van der Waals surface area contributed by atoms with Crippen molar-refractivity contribution < 1.29 is 4.42 Å². The summed E-state index contributed by atoms with van der Waals surface area (Å²) in [5, 5.41) is 7.06. The normalized spacial score (nSPS) is 11.9. The first-order chi connectivity index (χ1) is 28.2. The predicted molar refractivity (Wildman–Crippen MR) is 236 cm³/mol. The van der Waals surface area contributed by atoms with E-state index in [0.29, 0.717) is 17.5 Å². The topological polar surface area (TPSA) is 56.7 Å². The molecule has 57 heavy (non-hydrogen) atoms. The summed E-state index contributed by atoms with van der Waals surface area (Å²) in [6.45, 7) is 0. The number of fused-ring (bicyclic) bond motifs is 9. The summed E-state index contributed by atoms with van der Waals surface area (Å²) in [7, 11) is 0. The third-order valence-corrected chi connectivity index (χ3v) is 12.3. The highest BCUT2D eigenvalue weighted by Crippen LogP contribution is 2.44. The van der Waals surface area contributed by atoms with Crippen LogP contribution in [-0.2, 0) is 0 Å². The Morgan fingerprint density at radius 3 is 1.72 bits per heavy atom. The number of benzene rings is 8. The van der Waals surface area contributed by atoms with Gasteiger partial charge in [-0.25, -0.2) is 15.0 Å². The fourth-order valence-electron chi connectivity index (χ4n) is 8.46. The Bertz CT molecular complexity index is 3420. The maximum absolute atomic E-state index is 6.63. The summed E-state index contributed by atoms with van der Waals surface area (Å²) in [6.07, 6.45) is 0. The van der Waals surface area contributed by atoms with Crippen molar-refractivity contribution in [2.24, 2.45) is 0 Å². The van der Waals surface area contributed by atoms with E-state index in [2.05, 4.69) is 114 Å². The van der Waals surface area contributed by atoms with Crippen molar-refractivity contribution in [3.05, 3.63) is 182 Å². The number of thiophene rings is 1. The van der Waals surface area contributed by atoms with E-state index in [1.165, 1.54) is 47.5 Å². The fraction of sp³-hybridized carbons (Fsp3) is 0. The summed E-state index contributed by atoms with van der Waals surface area (Å²) in [5.41, 5.74) is 10.3. The second kappa shape index (κ2) is 12.6. The monoisotopic (exact) mass is 746 g/mol. The molecule has 0 N–H and O–H groups in total. The molecule has 4 heterocycles. The number of hydrogen-bond donors (Lipinski definition) is 0. The van der Waals surface area contributed by atoms with E-state index in [4.69, 9.17) is 19.4 Å². The molecule has 266 valence electrons. The Kier molecular flexibility index (Phi) is 7.03. The lowest BCUT2D eigenvalue weighted by molar-refractivity contribution is 0.669. The fourth-order valence-corrected chi connectivity index (χ4v) is 9.73. The van der Waals surface area contributed by atoms with Crippen molar-refractivity contribution in [2.75, 3.05) is 0 Å². The standard InChI is InChI=1S/C51H30N4OS/c1-3-13-31(14-4-1)49-52-50(32-15-5-2-6-16-32)54-51(53-49)41-21-12-24-44-47(41)40-27-25-33(29-45(40)56-44)35-19-11-20-39-38-28-26-34(30-46(38)57-48(35)39)55-42-22-9-7-17-36(42)37-18-8-10-23-43(37)55/h1-30H. The molecule has 12 rings (SSSR count). The molecule has 0 amide bonds. The second-order valence-electron chi connectivity index (χ2n) is 14.4. The largest absolute Gasteiger partial charge is 0.456 e. The summed E-state index contributed by atoms with van der Waals surface area (Å²) in [4.78, 5) is 15.0. The Hall–Kier alpha value is -7.41. The highest BCUT2D eigenvalue weighted by molar-refractivity contribution is 7.26. The van der Waals surface area contributed by atoms with Crippen LogP contribution >= 0.6 is 11.3 Å². The van der Waals surface area contributed by atoms with Crippen LogP contribution in [0.1, 0.15) is 0 Å². The van der Waals surface area contributed by atoms with Gasteiger partial charge in [-0.3, -0.25) is 0 Å². The first-order valence-corrected chi connectivity index (χ1v) is 19.8. The maximum atomic E-state index is 6.63. The van der Waals surface area contributed by atoms with Gasteiger partial charge in [-0.05, 0) is 53.6 Å². The zero-order chi connectivity index (χ0) is 37.5. The molecule has 0 aliphatic rings. The summed E-state index contributed by atoms with van der Waals surface area (Å²) in [5.74, 6) is 1.87. The van der Waals surface area contributed by atoms with Gasteiger partial charge >= 0.3 is 0 Å². The molecule has 0 aliphatic heterocycles. The van der Waals surface area contributed by atoms with Crippen LogP contribution in [0.5, 0.6) is 0 Å². The Morgan fingerprint density at radius 2 is 1.00 bits per heavy atom. The van der Waals surface area contributed by atoms with Gasteiger partial charge < -0.3 is 8.98 Å². The Labute approximate surface area is 330 Å². The van der Waals surface area contributed by atoms with Gasteiger partial charge in [0, 0.05) is 64.1 Å².